The molecule has 4 nitrogen and oxygen atoms in total. The number of rotatable bonds is 2. The zero-order valence-corrected chi connectivity index (χ0v) is 12.6. The third kappa shape index (κ3) is 3.37. The summed E-state index contributed by atoms with van der Waals surface area (Å²) in [5, 5.41) is 3.89. The first-order valence-corrected chi connectivity index (χ1v) is 7.63. The average Bonchev–Trinajstić information content (AvgIpc) is 3.22. The van der Waals surface area contributed by atoms with E-state index < -0.39 is 0 Å². The first-order valence-electron chi connectivity index (χ1n) is 6.88. The van der Waals surface area contributed by atoms with E-state index >= 15 is 0 Å². The van der Waals surface area contributed by atoms with E-state index in [9.17, 15) is 4.79 Å². The molecule has 1 saturated carbocycles. The van der Waals surface area contributed by atoms with E-state index in [4.69, 9.17) is 23.2 Å². The molecule has 6 heteroatoms. The maximum Gasteiger partial charge on any atom is 0.321 e. The predicted octanol–water partition coefficient (Wildman–Crippen LogP) is 3.31. The second-order valence-electron chi connectivity index (χ2n) is 5.34. The molecule has 0 unspecified atom stereocenters. The molecule has 1 heterocycles. The Bertz CT molecular complexity index is 491. The molecule has 0 spiro atoms. The van der Waals surface area contributed by atoms with Gasteiger partial charge in [-0.1, -0.05) is 23.2 Å². The molecule has 1 saturated heterocycles. The van der Waals surface area contributed by atoms with E-state index in [1.54, 1.807) is 18.2 Å². The van der Waals surface area contributed by atoms with Gasteiger partial charge in [0.1, 0.15) is 0 Å². The Kier molecular flexibility index (Phi) is 4.06. The van der Waals surface area contributed by atoms with Crippen molar-refractivity contribution in [3.63, 3.8) is 0 Å². The van der Waals surface area contributed by atoms with Crippen LogP contribution in [0.5, 0.6) is 0 Å². The lowest BCUT2D eigenvalue weighted by Crippen LogP contribution is -2.50. The van der Waals surface area contributed by atoms with Gasteiger partial charge in [0, 0.05) is 48.0 Å². The molecular weight excluding hydrogens is 297 g/mol. The number of nitrogens with one attached hydrogen (secondary N) is 1. The first kappa shape index (κ1) is 14.0. The molecule has 0 atom stereocenters. The lowest BCUT2D eigenvalue weighted by molar-refractivity contribution is 0.142. The van der Waals surface area contributed by atoms with Crippen molar-refractivity contribution in [1.29, 1.82) is 0 Å². The smallest absolute Gasteiger partial charge is 0.321 e. The van der Waals surface area contributed by atoms with Gasteiger partial charge in [-0.15, -0.1) is 0 Å². The lowest BCUT2D eigenvalue weighted by atomic mass is 10.3. The topological polar surface area (TPSA) is 35.6 Å². The number of carbonyl (C=O) groups is 1. The standard InChI is InChI=1S/C14H17Cl2N3O/c15-10-7-11(16)9-12(8-10)17-14(20)19-5-3-18(4-6-19)13-1-2-13/h7-9,13H,1-6H2,(H,17,20). The lowest BCUT2D eigenvalue weighted by Gasteiger charge is -2.34. The quantitative estimate of drug-likeness (QED) is 0.909. The Morgan fingerprint density at radius 3 is 2.20 bits per heavy atom. The Morgan fingerprint density at radius 2 is 1.65 bits per heavy atom. The van der Waals surface area contributed by atoms with Crippen molar-refractivity contribution in [2.24, 2.45) is 0 Å². The van der Waals surface area contributed by atoms with Crippen LogP contribution >= 0.6 is 23.2 Å². The van der Waals surface area contributed by atoms with Crippen LogP contribution in [0.2, 0.25) is 10.0 Å². The highest BCUT2D eigenvalue weighted by molar-refractivity contribution is 6.35. The Balaban J connectivity index is 1.56. The summed E-state index contributed by atoms with van der Waals surface area (Å²) in [6.07, 6.45) is 2.63. The largest absolute Gasteiger partial charge is 0.322 e. The first-order chi connectivity index (χ1) is 9.61. The molecule has 1 aromatic carbocycles. The number of nitrogens with zero attached hydrogens (tertiary/aromatic N) is 2. The minimum atomic E-state index is -0.0845. The van der Waals surface area contributed by atoms with E-state index in [-0.39, 0.29) is 6.03 Å². The highest BCUT2D eigenvalue weighted by Crippen LogP contribution is 2.27. The summed E-state index contributed by atoms with van der Waals surface area (Å²) in [5.74, 6) is 0. The van der Waals surface area contributed by atoms with Crippen LogP contribution in [0, 0.1) is 0 Å². The third-order valence-electron chi connectivity index (χ3n) is 3.78. The highest BCUT2D eigenvalue weighted by Gasteiger charge is 2.32. The molecule has 0 bridgehead atoms. The normalized spacial score (nSPS) is 20.0. The summed E-state index contributed by atoms with van der Waals surface area (Å²) >= 11 is 11.8. The van der Waals surface area contributed by atoms with Gasteiger partial charge < -0.3 is 10.2 Å². The number of halogens is 2. The van der Waals surface area contributed by atoms with E-state index in [0.29, 0.717) is 15.7 Å². The van der Waals surface area contributed by atoms with E-state index in [0.717, 1.165) is 32.2 Å². The van der Waals surface area contributed by atoms with Gasteiger partial charge in [0.25, 0.3) is 0 Å². The fourth-order valence-corrected chi connectivity index (χ4v) is 3.08. The van der Waals surface area contributed by atoms with Crippen LogP contribution in [0.25, 0.3) is 0 Å². The number of carbonyl (C=O) groups excluding carboxylic acids is 1. The van der Waals surface area contributed by atoms with E-state index in [1.807, 2.05) is 4.90 Å². The van der Waals surface area contributed by atoms with Crippen molar-refractivity contribution in [2.45, 2.75) is 18.9 Å². The molecule has 2 amide bonds. The Hall–Kier alpha value is -0.970. The minimum absolute atomic E-state index is 0.0845. The zero-order chi connectivity index (χ0) is 14.1. The molecule has 1 aromatic rings. The number of amides is 2. The van der Waals surface area contributed by atoms with Crippen LogP contribution in [-0.2, 0) is 0 Å². The van der Waals surface area contributed by atoms with Crippen LogP contribution < -0.4 is 5.32 Å². The van der Waals surface area contributed by atoms with Gasteiger partial charge in [0.15, 0.2) is 0 Å². The Morgan fingerprint density at radius 1 is 1.05 bits per heavy atom. The van der Waals surface area contributed by atoms with Crippen LogP contribution in [0.1, 0.15) is 12.8 Å². The van der Waals surface area contributed by atoms with Gasteiger partial charge in [-0.2, -0.15) is 0 Å². The zero-order valence-electron chi connectivity index (χ0n) is 11.1. The second kappa shape index (κ2) is 5.80. The number of hydrogen-bond acceptors (Lipinski definition) is 2. The van der Waals surface area contributed by atoms with Crippen molar-refractivity contribution in [3.05, 3.63) is 28.2 Å². The summed E-state index contributed by atoms with van der Waals surface area (Å²) in [5.41, 5.74) is 0.636. The number of piperazine rings is 1. The van der Waals surface area contributed by atoms with Gasteiger partial charge in [0.05, 0.1) is 0 Å². The van der Waals surface area contributed by atoms with Crippen LogP contribution in [-0.4, -0.2) is 48.1 Å². The maximum atomic E-state index is 12.2. The van der Waals surface area contributed by atoms with Gasteiger partial charge in [-0.05, 0) is 31.0 Å². The highest BCUT2D eigenvalue weighted by atomic mass is 35.5. The molecule has 2 fully saturated rings. The number of anilines is 1. The van der Waals surface area contributed by atoms with Crippen molar-refractivity contribution >= 4 is 34.9 Å². The van der Waals surface area contributed by atoms with Crippen molar-refractivity contribution in [2.75, 3.05) is 31.5 Å². The van der Waals surface area contributed by atoms with Gasteiger partial charge in [-0.25, -0.2) is 4.79 Å². The molecule has 20 heavy (non-hydrogen) atoms. The second-order valence-corrected chi connectivity index (χ2v) is 6.22. The molecule has 0 aromatic heterocycles. The minimum Gasteiger partial charge on any atom is -0.322 e. The fraction of sp³-hybridized carbons (Fsp3) is 0.500. The van der Waals surface area contributed by atoms with Crippen LogP contribution in [0.3, 0.4) is 0 Å². The summed E-state index contributed by atoms with van der Waals surface area (Å²) in [7, 11) is 0. The third-order valence-corrected chi connectivity index (χ3v) is 4.22. The summed E-state index contributed by atoms with van der Waals surface area (Å²) in [6.45, 7) is 3.48. The average molecular weight is 314 g/mol. The summed E-state index contributed by atoms with van der Waals surface area (Å²) < 4.78 is 0. The monoisotopic (exact) mass is 313 g/mol. The number of hydrogen-bond donors (Lipinski definition) is 1. The van der Waals surface area contributed by atoms with Gasteiger partial charge in [0.2, 0.25) is 0 Å². The van der Waals surface area contributed by atoms with E-state index in [1.165, 1.54) is 12.8 Å². The molecule has 108 valence electrons. The summed E-state index contributed by atoms with van der Waals surface area (Å²) in [4.78, 5) is 16.5. The van der Waals surface area contributed by atoms with E-state index in [2.05, 4.69) is 10.2 Å². The van der Waals surface area contributed by atoms with Crippen LogP contribution in [0.15, 0.2) is 18.2 Å². The molecule has 0 radical (unpaired) electrons. The molecule has 1 N–H and O–H groups in total. The van der Waals surface area contributed by atoms with Crippen molar-refractivity contribution in [1.82, 2.24) is 9.80 Å². The van der Waals surface area contributed by atoms with Crippen LogP contribution in [0.4, 0.5) is 10.5 Å². The molecule has 1 aliphatic carbocycles. The van der Waals surface area contributed by atoms with Gasteiger partial charge >= 0.3 is 6.03 Å². The summed E-state index contributed by atoms with van der Waals surface area (Å²) in [6, 6.07) is 5.73. The fourth-order valence-electron chi connectivity index (χ4n) is 2.56. The molecule has 1 aliphatic heterocycles. The number of urea groups is 1. The van der Waals surface area contributed by atoms with Crippen molar-refractivity contribution in [3.8, 4) is 0 Å². The van der Waals surface area contributed by atoms with Crippen molar-refractivity contribution < 1.29 is 4.79 Å². The number of benzene rings is 1. The molecule has 3 rings (SSSR count). The Labute approximate surface area is 128 Å². The molecular formula is C14H17Cl2N3O. The molecule has 2 aliphatic rings. The van der Waals surface area contributed by atoms with Gasteiger partial charge in [-0.3, -0.25) is 4.90 Å². The maximum absolute atomic E-state index is 12.2. The predicted molar refractivity (Wildman–Crippen MR) is 81.6 cm³/mol. The SMILES string of the molecule is O=C(Nc1cc(Cl)cc(Cl)c1)N1CCN(C2CC2)CC1.